The first-order valence-corrected chi connectivity index (χ1v) is 4.84. The highest BCUT2D eigenvalue weighted by Crippen LogP contribution is 2.22. The minimum absolute atomic E-state index is 0. The van der Waals surface area contributed by atoms with Gasteiger partial charge in [0.15, 0.2) is 0 Å². The highest BCUT2D eigenvalue weighted by Gasteiger charge is 2.11. The van der Waals surface area contributed by atoms with E-state index < -0.39 is 0 Å². The Morgan fingerprint density at radius 2 is 1.42 bits per heavy atom. The van der Waals surface area contributed by atoms with Gasteiger partial charge in [-0.3, -0.25) is 0 Å². The number of hydrogen-bond donors (Lipinski definition) is 0. The fourth-order valence-corrected chi connectivity index (χ4v) is 1.31. The topological polar surface area (TPSA) is 0 Å². The normalized spacial score (nSPS) is 10.7. The molecule has 1 aromatic rings. The van der Waals surface area contributed by atoms with E-state index in [1.165, 1.54) is 9.13 Å². The Hall–Kier alpha value is 0.240. The summed E-state index contributed by atoms with van der Waals surface area (Å²) >= 11 is 2.32. The molecule has 1 aromatic carbocycles. The fourth-order valence-electron chi connectivity index (χ4n) is 0.950. The molecule has 2 heteroatoms. The molecular weight excluding hydrogens is 282 g/mol. The maximum Gasteiger partial charge on any atom is 0.0130 e. The number of hydrogen-bond acceptors (Lipinski definition) is 0. The SMILES string of the molecule is CC(C)(C)c1ccc(I)cc1.Cl. The zero-order valence-electron chi connectivity index (χ0n) is 7.60. The molecule has 0 N–H and O–H groups in total. The molecule has 0 saturated heterocycles. The number of halogens is 2. The van der Waals surface area contributed by atoms with Crippen LogP contribution in [0.15, 0.2) is 24.3 Å². The van der Waals surface area contributed by atoms with Crippen molar-refractivity contribution in [3.8, 4) is 0 Å². The van der Waals surface area contributed by atoms with Gasteiger partial charge in [0.25, 0.3) is 0 Å². The Bertz CT molecular complexity index is 233. The molecule has 0 bridgehead atoms. The third-order valence-corrected chi connectivity index (χ3v) is 2.43. The van der Waals surface area contributed by atoms with Crippen LogP contribution in [0, 0.1) is 3.57 Å². The Balaban J connectivity index is 0.00000121. The zero-order chi connectivity index (χ0) is 8.48. The fraction of sp³-hybridized carbons (Fsp3) is 0.400. The molecule has 68 valence electrons. The van der Waals surface area contributed by atoms with Crippen molar-refractivity contribution in [2.24, 2.45) is 0 Å². The molecule has 0 radical (unpaired) electrons. The van der Waals surface area contributed by atoms with Gasteiger partial charge in [0.2, 0.25) is 0 Å². The van der Waals surface area contributed by atoms with Crippen LogP contribution in [0.1, 0.15) is 26.3 Å². The first kappa shape index (κ1) is 12.2. The lowest BCUT2D eigenvalue weighted by Gasteiger charge is -2.18. The van der Waals surface area contributed by atoms with E-state index in [0.717, 1.165) is 0 Å². The van der Waals surface area contributed by atoms with Crippen molar-refractivity contribution in [3.63, 3.8) is 0 Å². The lowest BCUT2D eigenvalue weighted by atomic mass is 9.87. The number of benzene rings is 1. The maximum atomic E-state index is 2.32. The summed E-state index contributed by atoms with van der Waals surface area (Å²) in [6.45, 7) is 6.69. The summed E-state index contributed by atoms with van der Waals surface area (Å²) in [5.74, 6) is 0. The molecule has 0 amide bonds. The van der Waals surface area contributed by atoms with E-state index in [9.17, 15) is 0 Å². The van der Waals surface area contributed by atoms with Gasteiger partial charge in [0.1, 0.15) is 0 Å². The van der Waals surface area contributed by atoms with Crippen molar-refractivity contribution in [1.82, 2.24) is 0 Å². The van der Waals surface area contributed by atoms with Gasteiger partial charge >= 0.3 is 0 Å². The quantitative estimate of drug-likeness (QED) is 0.635. The second-order valence-electron chi connectivity index (χ2n) is 3.76. The summed E-state index contributed by atoms with van der Waals surface area (Å²) < 4.78 is 1.30. The van der Waals surface area contributed by atoms with Crippen LogP contribution in [-0.2, 0) is 5.41 Å². The van der Waals surface area contributed by atoms with Crippen molar-refractivity contribution in [2.45, 2.75) is 26.2 Å². The van der Waals surface area contributed by atoms with Gasteiger partial charge in [0.05, 0.1) is 0 Å². The minimum atomic E-state index is 0. The molecule has 0 aromatic heterocycles. The highest BCUT2D eigenvalue weighted by molar-refractivity contribution is 14.1. The van der Waals surface area contributed by atoms with Crippen molar-refractivity contribution >= 4 is 35.0 Å². The van der Waals surface area contributed by atoms with Crippen molar-refractivity contribution in [1.29, 1.82) is 0 Å². The highest BCUT2D eigenvalue weighted by atomic mass is 127. The van der Waals surface area contributed by atoms with E-state index in [1.807, 2.05) is 0 Å². The molecule has 0 aliphatic heterocycles. The Kier molecular flexibility index (Phi) is 4.56. The van der Waals surface area contributed by atoms with Crippen LogP contribution < -0.4 is 0 Å². The van der Waals surface area contributed by atoms with E-state index in [1.54, 1.807) is 0 Å². The van der Waals surface area contributed by atoms with E-state index in [0.29, 0.717) is 0 Å². The van der Waals surface area contributed by atoms with E-state index in [-0.39, 0.29) is 17.8 Å². The summed E-state index contributed by atoms with van der Waals surface area (Å²) in [4.78, 5) is 0. The second kappa shape index (κ2) is 4.47. The van der Waals surface area contributed by atoms with Crippen molar-refractivity contribution in [3.05, 3.63) is 33.4 Å². The molecule has 0 heterocycles. The van der Waals surface area contributed by atoms with Gasteiger partial charge < -0.3 is 0 Å². The van der Waals surface area contributed by atoms with Gasteiger partial charge in [-0.2, -0.15) is 0 Å². The molecule has 0 aliphatic carbocycles. The van der Waals surface area contributed by atoms with E-state index in [2.05, 4.69) is 67.6 Å². The molecule has 0 fully saturated rings. The van der Waals surface area contributed by atoms with Gasteiger partial charge in [-0.25, -0.2) is 0 Å². The predicted octanol–water partition coefficient (Wildman–Crippen LogP) is 4.01. The van der Waals surface area contributed by atoms with Crippen molar-refractivity contribution < 1.29 is 0 Å². The van der Waals surface area contributed by atoms with Gasteiger partial charge in [-0.15, -0.1) is 12.4 Å². The average molecular weight is 297 g/mol. The predicted molar refractivity (Wildman–Crippen MR) is 65.1 cm³/mol. The zero-order valence-corrected chi connectivity index (χ0v) is 10.6. The molecule has 0 saturated carbocycles. The molecule has 0 nitrogen and oxygen atoms in total. The van der Waals surface area contributed by atoms with Crippen LogP contribution in [0.2, 0.25) is 0 Å². The molecule has 1 rings (SSSR count). The van der Waals surface area contributed by atoms with Crippen LogP contribution in [0.4, 0.5) is 0 Å². The minimum Gasteiger partial charge on any atom is -0.147 e. The van der Waals surface area contributed by atoms with Crippen LogP contribution >= 0.6 is 35.0 Å². The molecule has 0 aliphatic rings. The molecule has 0 spiro atoms. The largest absolute Gasteiger partial charge is 0.147 e. The monoisotopic (exact) mass is 296 g/mol. The lowest BCUT2D eigenvalue weighted by Crippen LogP contribution is -2.10. The first-order chi connectivity index (χ1) is 5.00. The Morgan fingerprint density at radius 1 is 1.00 bits per heavy atom. The smallest absolute Gasteiger partial charge is 0.0130 e. The number of rotatable bonds is 0. The van der Waals surface area contributed by atoms with E-state index in [4.69, 9.17) is 0 Å². The summed E-state index contributed by atoms with van der Waals surface area (Å²) in [5, 5.41) is 0. The third kappa shape index (κ3) is 3.31. The maximum absolute atomic E-state index is 2.32. The Labute approximate surface area is 94.3 Å². The van der Waals surface area contributed by atoms with Crippen LogP contribution in [0.25, 0.3) is 0 Å². The van der Waals surface area contributed by atoms with Gasteiger partial charge in [0, 0.05) is 3.57 Å². The standard InChI is InChI=1S/C10H13I.ClH/c1-10(2,3)8-4-6-9(11)7-5-8;/h4-7H,1-3H3;1H. The second-order valence-corrected chi connectivity index (χ2v) is 5.00. The molecule has 12 heavy (non-hydrogen) atoms. The summed E-state index contributed by atoms with van der Waals surface area (Å²) in [6, 6.07) is 8.70. The van der Waals surface area contributed by atoms with Crippen molar-refractivity contribution in [2.75, 3.05) is 0 Å². The third-order valence-electron chi connectivity index (χ3n) is 1.71. The molecule has 0 atom stereocenters. The molecular formula is C10H14ClI. The lowest BCUT2D eigenvalue weighted by molar-refractivity contribution is 0.590. The average Bonchev–Trinajstić information content (AvgIpc) is 1.86. The summed E-state index contributed by atoms with van der Waals surface area (Å²) in [6.07, 6.45) is 0. The van der Waals surface area contributed by atoms with Crippen LogP contribution in [0.5, 0.6) is 0 Å². The van der Waals surface area contributed by atoms with Gasteiger partial charge in [-0.1, -0.05) is 32.9 Å². The molecule has 0 unspecified atom stereocenters. The van der Waals surface area contributed by atoms with E-state index >= 15 is 0 Å². The Morgan fingerprint density at radius 3 is 1.75 bits per heavy atom. The summed E-state index contributed by atoms with van der Waals surface area (Å²) in [5.41, 5.74) is 1.68. The summed E-state index contributed by atoms with van der Waals surface area (Å²) in [7, 11) is 0. The van der Waals surface area contributed by atoms with Crippen LogP contribution in [0.3, 0.4) is 0 Å². The van der Waals surface area contributed by atoms with Crippen LogP contribution in [-0.4, -0.2) is 0 Å². The first-order valence-electron chi connectivity index (χ1n) is 3.76. The van der Waals surface area contributed by atoms with Gasteiger partial charge in [-0.05, 0) is 45.7 Å².